The van der Waals surface area contributed by atoms with Gasteiger partial charge in [-0.05, 0) is 67.5 Å². The molecule has 0 unspecified atom stereocenters. The number of carbonyl (C=O) groups is 2. The van der Waals surface area contributed by atoms with E-state index in [0.29, 0.717) is 4.88 Å². The van der Waals surface area contributed by atoms with E-state index in [9.17, 15) is 9.59 Å². The minimum absolute atomic E-state index is 0.331. The minimum atomic E-state index is -0.882. The Bertz CT molecular complexity index is 1080. The van der Waals surface area contributed by atoms with Crippen molar-refractivity contribution in [3.05, 3.63) is 75.7 Å². The highest BCUT2D eigenvalue weighted by molar-refractivity contribution is 7.17. The van der Waals surface area contributed by atoms with Gasteiger partial charge in [-0.2, -0.15) is 0 Å². The maximum Gasteiger partial charge on any atom is 0.349 e. The lowest BCUT2D eigenvalue weighted by Gasteiger charge is -2.16. The predicted octanol–water partition coefficient (Wildman–Crippen LogP) is 5.31. The maximum absolute atomic E-state index is 12.7. The normalized spacial score (nSPS) is 13.2. The van der Waals surface area contributed by atoms with Crippen LogP contribution in [-0.4, -0.2) is 18.0 Å². The molecule has 0 saturated carbocycles. The lowest BCUT2D eigenvalue weighted by atomic mass is 9.91. The topological polar surface area (TPSA) is 55.4 Å². The molecule has 29 heavy (non-hydrogen) atoms. The van der Waals surface area contributed by atoms with Gasteiger partial charge < -0.3 is 10.1 Å². The van der Waals surface area contributed by atoms with Crippen molar-refractivity contribution in [2.45, 2.75) is 39.7 Å². The largest absolute Gasteiger partial charge is 0.448 e. The molecule has 1 N–H and O–H groups in total. The average molecular weight is 406 g/mol. The molecular formula is C24H23NO3S. The fraction of sp³-hybridized carbons (Fsp3) is 0.250. The summed E-state index contributed by atoms with van der Waals surface area (Å²) in [7, 11) is 0. The van der Waals surface area contributed by atoms with Crippen molar-refractivity contribution in [2.75, 3.05) is 5.32 Å². The van der Waals surface area contributed by atoms with Crippen molar-refractivity contribution in [1.82, 2.24) is 0 Å². The van der Waals surface area contributed by atoms with Crippen LogP contribution < -0.4 is 5.32 Å². The van der Waals surface area contributed by atoms with Gasteiger partial charge in [-0.1, -0.05) is 42.5 Å². The first kappa shape index (κ1) is 19.4. The molecule has 4 rings (SSSR count). The van der Waals surface area contributed by atoms with Crippen LogP contribution in [0, 0.1) is 13.8 Å². The van der Waals surface area contributed by atoms with Crippen LogP contribution >= 0.6 is 11.3 Å². The summed E-state index contributed by atoms with van der Waals surface area (Å²) < 4.78 is 5.48. The van der Waals surface area contributed by atoms with Gasteiger partial charge in [0.05, 0.1) is 0 Å². The summed E-state index contributed by atoms with van der Waals surface area (Å²) in [6.07, 6.45) is 1.01. The molecule has 0 spiro atoms. The van der Waals surface area contributed by atoms with Crippen LogP contribution in [0.1, 0.15) is 38.8 Å². The van der Waals surface area contributed by atoms with Gasteiger partial charge in [0.2, 0.25) is 0 Å². The molecule has 5 heteroatoms. The van der Waals surface area contributed by atoms with Crippen LogP contribution in [0.3, 0.4) is 0 Å². The zero-order valence-corrected chi connectivity index (χ0v) is 17.6. The Morgan fingerprint density at radius 2 is 1.69 bits per heavy atom. The fourth-order valence-electron chi connectivity index (χ4n) is 3.68. The van der Waals surface area contributed by atoms with E-state index >= 15 is 0 Å². The smallest absolute Gasteiger partial charge is 0.349 e. The van der Waals surface area contributed by atoms with Gasteiger partial charge in [-0.3, -0.25) is 4.79 Å². The third-order valence-electron chi connectivity index (χ3n) is 5.32. The standard InChI is InChI=1S/C24H23NO3S/c1-14-7-6-8-15(2)21(14)25-23(26)16(3)28-24(27)20-13-18-12-11-17-9-4-5-10-19(17)22(18)29-20/h4-10,13,16H,11-12H2,1-3H3,(H,25,26)/t16-/m0/s1. The van der Waals surface area contributed by atoms with Crippen LogP contribution in [0.4, 0.5) is 5.69 Å². The molecule has 2 aromatic carbocycles. The molecule has 1 aliphatic rings. The molecule has 3 aromatic rings. The Hall–Kier alpha value is -2.92. The van der Waals surface area contributed by atoms with Crippen LogP contribution in [0.15, 0.2) is 48.5 Å². The van der Waals surface area contributed by atoms with E-state index in [1.54, 1.807) is 6.92 Å². The number of esters is 1. The molecule has 1 aromatic heterocycles. The molecule has 0 fully saturated rings. The van der Waals surface area contributed by atoms with E-state index in [2.05, 4.69) is 17.4 Å². The van der Waals surface area contributed by atoms with Crippen LogP contribution in [-0.2, 0) is 22.4 Å². The number of nitrogens with one attached hydrogen (secondary N) is 1. The van der Waals surface area contributed by atoms with E-state index in [1.807, 2.05) is 50.2 Å². The van der Waals surface area contributed by atoms with Crippen LogP contribution in [0.2, 0.25) is 0 Å². The number of thiophene rings is 1. The number of ether oxygens (including phenoxy) is 1. The van der Waals surface area contributed by atoms with Gasteiger partial charge in [0.15, 0.2) is 6.10 Å². The lowest BCUT2D eigenvalue weighted by molar-refractivity contribution is -0.123. The predicted molar refractivity (Wildman–Crippen MR) is 117 cm³/mol. The zero-order valence-electron chi connectivity index (χ0n) is 16.7. The average Bonchev–Trinajstić information content (AvgIpc) is 3.15. The second-order valence-electron chi connectivity index (χ2n) is 7.43. The maximum atomic E-state index is 12.7. The Morgan fingerprint density at radius 1 is 1.00 bits per heavy atom. The second kappa shape index (κ2) is 7.84. The van der Waals surface area contributed by atoms with Crippen LogP contribution in [0.5, 0.6) is 0 Å². The molecule has 0 saturated heterocycles. The van der Waals surface area contributed by atoms with Crippen LogP contribution in [0.25, 0.3) is 10.4 Å². The van der Waals surface area contributed by atoms with Crippen molar-refractivity contribution in [2.24, 2.45) is 0 Å². The fourth-order valence-corrected chi connectivity index (χ4v) is 4.83. The number of benzene rings is 2. The Morgan fingerprint density at radius 3 is 2.45 bits per heavy atom. The highest BCUT2D eigenvalue weighted by Gasteiger charge is 2.25. The summed E-state index contributed by atoms with van der Waals surface area (Å²) in [6.45, 7) is 5.48. The molecular weight excluding hydrogens is 382 g/mol. The number of rotatable bonds is 4. The molecule has 1 amide bonds. The number of para-hydroxylation sites is 1. The summed E-state index contributed by atoms with van der Waals surface area (Å²) >= 11 is 1.44. The lowest BCUT2D eigenvalue weighted by Crippen LogP contribution is -2.30. The van der Waals surface area contributed by atoms with Gasteiger partial charge in [0.1, 0.15) is 4.88 Å². The Balaban J connectivity index is 1.48. The minimum Gasteiger partial charge on any atom is -0.448 e. The molecule has 1 atom stereocenters. The number of hydrogen-bond donors (Lipinski definition) is 1. The van der Waals surface area contributed by atoms with E-state index in [1.165, 1.54) is 28.0 Å². The first-order valence-corrected chi connectivity index (χ1v) is 10.5. The van der Waals surface area contributed by atoms with E-state index in [0.717, 1.165) is 34.5 Å². The first-order chi connectivity index (χ1) is 13.9. The first-order valence-electron chi connectivity index (χ1n) is 9.73. The Kier molecular flexibility index (Phi) is 5.24. The molecule has 0 aliphatic heterocycles. The number of anilines is 1. The van der Waals surface area contributed by atoms with E-state index in [-0.39, 0.29) is 5.91 Å². The third kappa shape index (κ3) is 3.83. The number of fused-ring (bicyclic) bond motifs is 3. The molecule has 4 nitrogen and oxygen atoms in total. The quantitative estimate of drug-likeness (QED) is 0.598. The number of amides is 1. The van der Waals surface area contributed by atoms with Crippen molar-refractivity contribution in [1.29, 1.82) is 0 Å². The zero-order chi connectivity index (χ0) is 20.5. The summed E-state index contributed by atoms with van der Waals surface area (Å²) in [6, 6.07) is 16.0. The summed E-state index contributed by atoms with van der Waals surface area (Å²) in [5.74, 6) is -0.784. The monoisotopic (exact) mass is 405 g/mol. The highest BCUT2D eigenvalue weighted by Crippen LogP contribution is 2.39. The summed E-state index contributed by atoms with van der Waals surface area (Å²) in [5, 5.41) is 2.88. The third-order valence-corrected chi connectivity index (χ3v) is 6.51. The molecule has 0 bridgehead atoms. The van der Waals surface area contributed by atoms with E-state index < -0.39 is 12.1 Å². The molecule has 0 radical (unpaired) electrons. The molecule has 1 heterocycles. The number of aryl methyl sites for hydroxylation is 4. The van der Waals surface area contributed by atoms with Gasteiger partial charge in [0.25, 0.3) is 5.91 Å². The Labute approximate surface area is 174 Å². The van der Waals surface area contributed by atoms with Gasteiger partial charge >= 0.3 is 5.97 Å². The van der Waals surface area contributed by atoms with Crippen molar-refractivity contribution in [3.8, 4) is 10.4 Å². The van der Waals surface area contributed by atoms with E-state index in [4.69, 9.17) is 4.74 Å². The number of hydrogen-bond acceptors (Lipinski definition) is 4. The SMILES string of the molecule is Cc1cccc(C)c1NC(=O)[C@H](C)OC(=O)c1cc2c(s1)-c1ccccc1CC2. The molecule has 148 valence electrons. The van der Waals surface area contributed by atoms with Gasteiger partial charge in [0, 0.05) is 10.6 Å². The van der Waals surface area contributed by atoms with Crippen molar-refractivity contribution < 1.29 is 14.3 Å². The van der Waals surface area contributed by atoms with Crippen molar-refractivity contribution in [3.63, 3.8) is 0 Å². The van der Waals surface area contributed by atoms with Gasteiger partial charge in [-0.25, -0.2) is 4.79 Å². The molecule has 1 aliphatic carbocycles. The van der Waals surface area contributed by atoms with Crippen molar-refractivity contribution >= 4 is 28.9 Å². The van der Waals surface area contributed by atoms with Gasteiger partial charge in [-0.15, -0.1) is 11.3 Å². The highest BCUT2D eigenvalue weighted by atomic mass is 32.1. The summed E-state index contributed by atoms with van der Waals surface area (Å²) in [4.78, 5) is 26.9. The summed E-state index contributed by atoms with van der Waals surface area (Å²) in [5.41, 5.74) is 6.39. The number of carbonyl (C=O) groups excluding carboxylic acids is 2. The second-order valence-corrected chi connectivity index (χ2v) is 8.48.